The zero-order valence-corrected chi connectivity index (χ0v) is 12.1. The summed E-state index contributed by atoms with van der Waals surface area (Å²) >= 11 is 7.74. The van der Waals surface area contributed by atoms with Crippen LogP contribution in [-0.4, -0.2) is 25.6 Å². The molecule has 1 heterocycles. The molecule has 2 aromatic rings. The minimum absolute atomic E-state index is 0.310. The SMILES string of the molecule is COCCC(CCl)NCc1csc2ccccc12. The number of rotatable bonds is 7. The first-order chi connectivity index (χ1) is 8.85. The lowest BCUT2D eigenvalue weighted by molar-refractivity contribution is 0.185. The molecule has 0 aliphatic rings. The number of hydrogen-bond donors (Lipinski definition) is 1. The number of halogens is 1. The highest BCUT2D eigenvalue weighted by atomic mass is 35.5. The number of hydrogen-bond acceptors (Lipinski definition) is 3. The molecule has 2 rings (SSSR count). The van der Waals surface area contributed by atoms with Gasteiger partial charge >= 0.3 is 0 Å². The van der Waals surface area contributed by atoms with Gasteiger partial charge in [0.1, 0.15) is 0 Å². The van der Waals surface area contributed by atoms with Gasteiger partial charge in [-0.25, -0.2) is 0 Å². The fourth-order valence-electron chi connectivity index (χ4n) is 1.92. The molecule has 0 bridgehead atoms. The van der Waals surface area contributed by atoms with Crippen LogP contribution in [0, 0.1) is 0 Å². The molecule has 0 spiro atoms. The molecule has 0 aliphatic carbocycles. The Labute approximate surface area is 117 Å². The molecule has 1 aromatic carbocycles. The number of nitrogens with one attached hydrogen (secondary N) is 1. The Morgan fingerprint density at radius 1 is 1.39 bits per heavy atom. The van der Waals surface area contributed by atoms with Crippen molar-refractivity contribution in [2.75, 3.05) is 19.6 Å². The molecule has 1 atom stereocenters. The van der Waals surface area contributed by atoms with Crippen LogP contribution in [0.15, 0.2) is 29.6 Å². The highest BCUT2D eigenvalue weighted by molar-refractivity contribution is 7.17. The zero-order chi connectivity index (χ0) is 12.8. The first-order valence-electron chi connectivity index (χ1n) is 6.08. The monoisotopic (exact) mass is 283 g/mol. The molecule has 0 aliphatic heterocycles. The van der Waals surface area contributed by atoms with Gasteiger partial charge in [0.25, 0.3) is 0 Å². The lowest BCUT2D eigenvalue weighted by atomic mass is 10.1. The van der Waals surface area contributed by atoms with E-state index in [2.05, 4.69) is 35.0 Å². The van der Waals surface area contributed by atoms with E-state index < -0.39 is 0 Å². The van der Waals surface area contributed by atoms with Crippen LogP contribution in [0.4, 0.5) is 0 Å². The lowest BCUT2D eigenvalue weighted by Gasteiger charge is -2.15. The third-order valence-corrected chi connectivity index (χ3v) is 4.38. The second kappa shape index (κ2) is 7.10. The first kappa shape index (κ1) is 13.8. The summed E-state index contributed by atoms with van der Waals surface area (Å²) in [6, 6.07) is 8.81. The molecular formula is C14H18ClNOS. The second-order valence-corrected chi connectivity index (χ2v) is 5.49. The summed E-state index contributed by atoms with van der Waals surface area (Å²) in [5, 5.41) is 7.06. The molecule has 0 saturated heterocycles. The van der Waals surface area contributed by atoms with Gasteiger partial charge in [0.15, 0.2) is 0 Å². The summed E-state index contributed by atoms with van der Waals surface area (Å²) in [5.41, 5.74) is 1.35. The molecule has 0 fully saturated rings. The highest BCUT2D eigenvalue weighted by Gasteiger charge is 2.08. The van der Waals surface area contributed by atoms with Crippen molar-refractivity contribution in [2.45, 2.75) is 19.0 Å². The summed E-state index contributed by atoms with van der Waals surface area (Å²) in [7, 11) is 1.72. The van der Waals surface area contributed by atoms with Crippen LogP contribution in [0.3, 0.4) is 0 Å². The van der Waals surface area contributed by atoms with Gasteiger partial charge in [0, 0.05) is 36.9 Å². The Bertz CT molecular complexity index is 485. The summed E-state index contributed by atoms with van der Waals surface area (Å²) < 4.78 is 6.43. The Morgan fingerprint density at radius 3 is 3.00 bits per heavy atom. The van der Waals surface area contributed by atoms with Crippen molar-refractivity contribution in [1.82, 2.24) is 5.32 Å². The predicted octanol–water partition coefficient (Wildman–Crippen LogP) is 3.63. The number of thiophene rings is 1. The van der Waals surface area contributed by atoms with Crippen LogP contribution in [0.1, 0.15) is 12.0 Å². The third-order valence-electron chi connectivity index (χ3n) is 3.00. The molecule has 1 aromatic heterocycles. The zero-order valence-electron chi connectivity index (χ0n) is 10.5. The summed E-state index contributed by atoms with van der Waals surface area (Å²) in [6.45, 7) is 1.61. The average Bonchev–Trinajstić information content (AvgIpc) is 2.82. The Hall–Kier alpha value is -0.610. The Morgan fingerprint density at radius 2 is 2.22 bits per heavy atom. The van der Waals surface area contributed by atoms with Crippen LogP contribution in [0.2, 0.25) is 0 Å². The van der Waals surface area contributed by atoms with Crippen LogP contribution in [-0.2, 0) is 11.3 Å². The summed E-state index contributed by atoms with van der Waals surface area (Å²) in [6.07, 6.45) is 0.946. The van der Waals surface area contributed by atoms with Gasteiger partial charge in [-0.05, 0) is 28.8 Å². The van der Waals surface area contributed by atoms with Crippen molar-refractivity contribution >= 4 is 33.0 Å². The minimum Gasteiger partial charge on any atom is -0.385 e. The summed E-state index contributed by atoms with van der Waals surface area (Å²) in [5.74, 6) is 0.616. The van der Waals surface area contributed by atoms with Crippen molar-refractivity contribution in [3.8, 4) is 0 Å². The minimum atomic E-state index is 0.310. The van der Waals surface area contributed by atoms with Gasteiger partial charge in [-0.15, -0.1) is 22.9 Å². The van der Waals surface area contributed by atoms with E-state index >= 15 is 0 Å². The van der Waals surface area contributed by atoms with Crippen LogP contribution in [0.25, 0.3) is 10.1 Å². The molecule has 98 valence electrons. The van der Waals surface area contributed by atoms with Crippen molar-refractivity contribution < 1.29 is 4.74 Å². The molecule has 18 heavy (non-hydrogen) atoms. The molecule has 1 unspecified atom stereocenters. The van der Waals surface area contributed by atoms with E-state index in [0.717, 1.165) is 19.6 Å². The predicted molar refractivity (Wildman–Crippen MR) is 79.7 cm³/mol. The van der Waals surface area contributed by atoms with E-state index in [1.807, 2.05) is 0 Å². The Balaban J connectivity index is 1.96. The third kappa shape index (κ3) is 3.45. The molecule has 1 N–H and O–H groups in total. The van der Waals surface area contributed by atoms with Crippen LogP contribution >= 0.6 is 22.9 Å². The first-order valence-corrected chi connectivity index (χ1v) is 7.50. The number of ether oxygens (including phenoxy) is 1. The molecular weight excluding hydrogens is 266 g/mol. The van der Waals surface area contributed by atoms with Crippen LogP contribution < -0.4 is 5.32 Å². The maximum absolute atomic E-state index is 5.95. The average molecular weight is 284 g/mol. The van der Waals surface area contributed by atoms with Crippen molar-refractivity contribution in [1.29, 1.82) is 0 Å². The van der Waals surface area contributed by atoms with Crippen molar-refractivity contribution in [3.05, 3.63) is 35.2 Å². The standard InChI is InChI=1S/C14H18ClNOS/c1-17-7-6-12(8-15)16-9-11-10-18-14-5-3-2-4-13(11)14/h2-5,10,12,16H,6-9H2,1H3. The number of methoxy groups -OCH3 is 1. The summed E-state index contributed by atoms with van der Waals surface area (Å²) in [4.78, 5) is 0. The smallest absolute Gasteiger partial charge is 0.0477 e. The molecule has 4 heteroatoms. The maximum Gasteiger partial charge on any atom is 0.0477 e. The Kier molecular flexibility index (Phi) is 5.45. The van der Waals surface area contributed by atoms with E-state index in [-0.39, 0.29) is 0 Å². The number of benzene rings is 1. The topological polar surface area (TPSA) is 21.3 Å². The maximum atomic E-state index is 5.95. The van der Waals surface area contributed by atoms with E-state index in [0.29, 0.717) is 11.9 Å². The quantitative estimate of drug-likeness (QED) is 0.784. The van der Waals surface area contributed by atoms with Gasteiger partial charge in [-0.2, -0.15) is 0 Å². The molecule has 2 nitrogen and oxygen atoms in total. The molecule has 0 radical (unpaired) electrons. The van der Waals surface area contributed by atoms with Gasteiger partial charge in [0.2, 0.25) is 0 Å². The highest BCUT2D eigenvalue weighted by Crippen LogP contribution is 2.25. The second-order valence-electron chi connectivity index (χ2n) is 4.27. The van der Waals surface area contributed by atoms with Crippen molar-refractivity contribution in [3.63, 3.8) is 0 Å². The van der Waals surface area contributed by atoms with Gasteiger partial charge < -0.3 is 10.1 Å². The van der Waals surface area contributed by atoms with E-state index in [1.54, 1.807) is 18.4 Å². The molecule has 0 amide bonds. The molecule has 0 saturated carbocycles. The van der Waals surface area contributed by atoms with Crippen LogP contribution in [0.5, 0.6) is 0 Å². The normalized spacial score (nSPS) is 13.0. The van der Waals surface area contributed by atoms with Gasteiger partial charge in [-0.1, -0.05) is 18.2 Å². The number of alkyl halides is 1. The fraction of sp³-hybridized carbons (Fsp3) is 0.429. The lowest BCUT2D eigenvalue weighted by Crippen LogP contribution is -2.31. The van der Waals surface area contributed by atoms with E-state index in [4.69, 9.17) is 16.3 Å². The van der Waals surface area contributed by atoms with Crippen molar-refractivity contribution in [2.24, 2.45) is 0 Å². The van der Waals surface area contributed by atoms with E-state index in [1.165, 1.54) is 15.6 Å². The van der Waals surface area contributed by atoms with Gasteiger partial charge in [-0.3, -0.25) is 0 Å². The largest absolute Gasteiger partial charge is 0.385 e. The van der Waals surface area contributed by atoms with Gasteiger partial charge in [0.05, 0.1) is 0 Å². The fourth-order valence-corrected chi connectivity index (χ4v) is 3.14. The van der Waals surface area contributed by atoms with E-state index in [9.17, 15) is 0 Å². The number of fused-ring (bicyclic) bond motifs is 1.